The highest BCUT2D eigenvalue weighted by atomic mass is 79.9. The highest BCUT2D eigenvalue weighted by Crippen LogP contribution is 2.35. The van der Waals surface area contributed by atoms with Gasteiger partial charge in [0.25, 0.3) is 0 Å². The average Bonchev–Trinajstić information content (AvgIpc) is 2.49. The molecule has 0 amide bonds. The highest BCUT2D eigenvalue weighted by Gasteiger charge is 2.31. The van der Waals surface area contributed by atoms with E-state index in [0.717, 1.165) is 21.8 Å². The van der Waals surface area contributed by atoms with Crippen molar-refractivity contribution in [2.75, 3.05) is 10.7 Å². The second kappa shape index (κ2) is 7.45. The normalized spacial score (nSPS) is 11.7. The molecule has 2 aromatic rings. The van der Waals surface area contributed by atoms with E-state index in [4.69, 9.17) is 23.2 Å². The maximum Gasteiger partial charge on any atom is 0.123 e. The summed E-state index contributed by atoms with van der Waals surface area (Å²) in [5.41, 5.74) is 1.81. The SMILES string of the molecule is Fc1ccc(C(CBr)(CBr)Cc2cc(Cl)ccc2Cl)cc1. The second-order valence-electron chi connectivity index (χ2n) is 4.97. The molecule has 0 unspecified atom stereocenters. The monoisotopic (exact) mass is 452 g/mol. The Kier molecular flexibility index (Phi) is 6.13. The van der Waals surface area contributed by atoms with E-state index in [9.17, 15) is 4.39 Å². The molecule has 2 rings (SSSR count). The van der Waals surface area contributed by atoms with Crippen LogP contribution in [0.25, 0.3) is 0 Å². The molecule has 2 aromatic carbocycles. The Bertz CT molecular complexity index is 610. The van der Waals surface area contributed by atoms with E-state index in [2.05, 4.69) is 31.9 Å². The van der Waals surface area contributed by atoms with E-state index in [1.165, 1.54) is 12.1 Å². The van der Waals surface area contributed by atoms with Crippen molar-refractivity contribution < 1.29 is 4.39 Å². The Balaban J connectivity index is 2.42. The van der Waals surface area contributed by atoms with Gasteiger partial charge in [-0.3, -0.25) is 0 Å². The quantitative estimate of drug-likeness (QED) is 0.458. The predicted molar refractivity (Wildman–Crippen MR) is 95.8 cm³/mol. The van der Waals surface area contributed by atoms with Crippen LogP contribution in [0.2, 0.25) is 10.0 Å². The van der Waals surface area contributed by atoms with E-state index < -0.39 is 0 Å². The molecule has 0 heterocycles. The molecule has 0 aromatic heterocycles. The Morgan fingerprint density at radius 1 is 0.952 bits per heavy atom. The van der Waals surface area contributed by atoms with Gasteiger partial charge in [0.1, 0.15) is 5.82 Å². The lowest BCUT2D eigenvalue weighted by Gasteiger charge is -2.31. The average molecular weight is 455 g/mol. The predicted octanol–water partition coefficient (Wildman–Crippen LogP) is 6.40. The molecule has 21 heavy (non-hydrogen) atoms. The molecule has 0 aliphatic carbocycles. The number of halogens is 5. The number of hydrogen-bond acceptors (Lipinski definition) is 0. The lowest BCUT2D eigenvalue weighted by molar-refractivity contribution is 0.548. The van der Waals surface area contributed by atoms with Crippen LogP contribution in [0.15, 0.2) is 42.5 Å². The van der Waals surface area contributed by atoms with E-state index in [1.54, 1.807) is 12.1 Å². The van der Waals surface area contributed by atoms with Gasteiger partial charge in [-0.1, -0.05) is 67.2 Å². The summed E-state index contributed by atoms with van der Waals surface area (Å²) in [6.07, 6.45) is 0.703. The van der Waals surface area contributed by atoms with Crippen LogP contribution in [-0.2, 0) is 11.8 Å². The van der Waals surface area contributed by atoms with Crippen molar-refractivity contribution in [2.24, 2.45) is 0 Å². The van der Waals surface area contributed by atoms with Crippen LogP contribution < -0.4 is 0 Å². The van der Waals surface area contributed by atoms with Crippen molar-refractivity contribution in [1.29, 1.82) is 0 Å². The van der Waals surface area contributed by atoms with Gasteiger partial charge in [0.2, 0.25) is 0 Å². The van der Waals surface area contributed by atoms with E-state index in [1.807, 2.05) is 18.2 Å². The lowest BCUT2D eigenvalue weighted by atomic mass is 9.79. The molecule has 0 N–H and O–H groups in total. The van der Waals surface area contributed by atoms with Crippen molar-refractivity contribution >= 4 is 55.1 Å². The fourth-order valence-corrected chi connectivity index (χ4v) is 4.58. The molecule has 0 aliphatic rings. The molecule has 0 atom stereocenters. The fraction of sp³-hybridized carbons (Fsp3) is 0.250. The summed E-state index contributed by atoms with van der Waals surface area (Å²) >= 11 is 19.5. The summed E-state index contributed by atoms with van der Waals surface area (Å²) in [7, 11) is 0. The zero-order valence-corrected chi connectivity index (χ0v) is 15.7. The van der Waals surface area contributed by atoms with Crippen molar-refractivity contribution in [1.82, 2.24) is 0 Å². The van der Waals surface area contributed by atoms with Crippen LogP contribution in [0.3, 0.4) is 0 Å². The third kappa shape index (κ3) is 4.01. The largest absolute Gasteiger partial charge is 0.207 e. The minimum Gasteiger partial charge on any atom is -0.207 e. The van der Waals surface area contributed by atoms with Crippen molar-refractivity contribution in [3.63, 3.8) is 0 Å². The minimum absolute atomic E-state index is 0.220. The van der Waals surface area contributed by atoms with Crippen LogP contribution in [0, 0.1) is 5.82 Å². The molecular weight excluding hydrogens is 442 g/mol. The first kappa shape index (κ1) is 17.3. The van der Waals surface area contributed by atoms with Crippen LogP contribution in [0.4, 0.5) is 4.39 Å². The van der Waals surface area contributed by atoms with Gasteiger partial charge in [-0.05, 0) is 47.9 Å². The lowest BCUT2D eigenvalue weighted by Crippen LogP contribution is -2.33. The van der Waals surface area contributed by atoms with Crippen LogP contribution in [0.5, 0.6) is 0 Å². The Hall–Kier alpha value is -0.0900. The summed E-state index contributed by atoms with van der Waals surface area (Å²) in [6.45, 7) is 0. The van der Waals surface area contributed by atoms with Gasteiger partial charge < -0.3 is 0 Å². The molecule has 0 bridgehead atoms. The summed E-state index contributed by atoms with van der Waals surface area (Å²) in [6, 6.07) is 12.1. The topological polar surface area (TPSA) is 0 Å². The molecule has 5 heteroatoms. The Labute approximate surface area is 150 Å². The van der Waals surface area contributed by atoms with Gasteiger partial charge in [0.05, 0.1) is 0 Å². The fourth-order valence-electron chi connectivity index (χ4n) is 2.23. The van der Waals surface area contributed by atoms with Gasteiger partial charge in [-0.15, -0.1) is 0 Å². The molecule has 0 spiro atoms. The zero-order chi connectivity index (χ0) is 15.5. The van der Waals surface area contributed by atoms with Gasteiger partial charge in [-0.2, -0.15) is 0 Å². The number of rotatable bonds is 5. The molecule has 0 radical (unpaired) electrons. The van der Waals surface area contributed by atoms with Crippen molar-refractivity contribution in [3.05, 3.63) is 69.5 Å². The van der Waals surface area contributed by atoms with Crippen molar-refractivity contribution in [3.8, 4) is 0 Å². The smallest absolute Gasteiger partial charge is 0.123 e. The molecular formula is C16H13Br2Cl2F. The maximum absolute atomic E-state index is 13.2. The summed E-state index contributed by atoms with van der Waals surface area (Å²) in [5, 5.41) is 2.79. The van der Waals surface area contributed by atoms with Gasteiger partial charge in [0.15, 0.2) is 0 Å². The Morgan fingerprint density at radius 2 is 1.57 bits per heavy atom. The van der Waals surface area contributed by atoms with Gasteiger partial charge in [-0.25, -0.2) is 4.39 Å². The molecule has 0 fully saturated rings. The highest BCUT2D eigenvalue weighted by molar-refractivity contribution is 9.09. The summed E-state index contributed by atoms with van der Waals surface area (Å²) in [5.74, 6) is -0.238. The Morgan fingerprint density at radius 3 is 2.14 bits per heavy atom. The minimum atomic E-state index is -0.238. The number of hydrogen-bond donors (Lipinski definition) is 0. The van der Waals surface area contributed by atoms with Crippen molar-refractivity contribution in [2.45, 2.75) is 11.8 Å². The summed E-state index contributed by atoms with van der Waals surface area (Å²) < 4.78 is 13.2. The van der Waals surface area contributed by atoms with Crippen LogP contribution in [-0.4, -0.2) is 10.7 Å². The number of benzene rings is 2. The van der Waals surface area contributed by atoms with Gasteiger partial charge >= 0.3 is 0 Å². The molecule has 0 saturated carbocycles. The van der Waals surface area contributed by atoms with Gasteiger partial charge in [0, 0.05) is 26.1 Å². The first-order valence-corrected chi connectivity index (χ1v) is 9.32. The number of alkyl halides is 2. The molecule has 0 nitrogen and oxygen atoms in total. The maximum atomic E-state index is 13.2. The van der Waals surface area contributed by atoms with Crippen LogP contribution >= 0.6 is 55.1 Å². The first-order valence-electron chi connectivity index (χ1n) is 6.33. The molecule has 0 aliphatic heterocycles. The molecule has 0 saturated heterocycles. The van der Waals surface area contributed by atoms with E-state index in [0.29, 0.717) is 16.5 Å². The zero-order valence-electron chi connectivity index (χ0n) is 11.1. The summed E-state index contributed by atoms with van der Waals surface area (Å²) in [4.78, 5) is 0. The third-order valence-corrected chi connectivity index (χ3v) is 6.26. The van der Waals surface area contributed by atoms with Crippen LogP contribution in [0.1, 0.15) is 11.1 Å². The molecule has 112 valence electrons. The van der Waals surface area contributed by atoms with E-state index in [-0.39, 0.29) is 11.2 Å². The third-order valence-electron chi connectivity index (χ3n) is 3.50. The first-order chi connectivity index (χ1) is 10.0. The standard InChI is InChI=1S/C16H13Br2Cl2F/c17-9-16(10-18,12-1-4-14(21)5-2-12)8-11-7-13(19)3-6-15(11)20/h1-7H,8-10H2. The van der Waals surface area contributed by atoms with E-state index >= 15 is 0 Å². The second-order valence-corrected chi connectivity index (χ2v) is 6.93.